The first-order valence-corrected chi connectivity index (χ1v) is 6.08. The molecule has 98 valence electrons. The van der Waals surface area contributed by atoms with Crippen molar-refractivity contribution in [2.24, 2.45) is 5.92 Å². The number of imidazole rings is 1. The fourth-order valence-corrected chi connectivity index (χ4v) is 2.43. The van der Waals surface area contributed by atoms with Gasteiger partial charge in [-0.05, 0) is 24.5 Å². The summed E-state index contributed by atoms with van der Waals surface area (Å²) in [6.45, 7) is 6.04. The number of nitrogens with zero attached hydrogens (tertiary/aromatic N) is 2. The van der Waals surface area contributed by atoms with E-state index >= 15 is 0 Å². The van der Waals surface area contributed by atoms with Gasteiger partial charge in [-0.3, -0.25) is 0 Å². The van der Waals surface area contributed by atoms with Gasteiger partial charge < -0.3 is 10.3 Å². The van der Waals surface area contributed by atoms with E-state index in [4.69, 9.17) is 5.73 Å². The van der Waals surface area contributed by atoms with E-state index in [1.807, 2.05) is 20.8 Å². The summed E-state index contributed by atoms with van der Waals surface area (Å²) >= 11 is 0. The van der Waals surface area contributed by atoms with Crippen molar-refractivity contribution in [1.29, 1.82) is 0 Å². The molecule has 18 heavy (non-hydrogen) atoms. The van der Waals surface area contributed by atoms with E-state index in [-0.39, 0.29) is 23.4 Å². The average Bonchev–Trinajstić information content (AvgIpc) is 2.63. The molecule has 0 saturated heterocycles. The third-order valence-corrected chi connectivity index (χ3v) is 3.29. The summed E-state index contributed by atoms with van der Waals surface area (Å²) in [7, 11) is 0. The highest BCUT2D eigenvalue weighted by Crippen LogP contribution is 2.31. The van der Waals surface area contributed by atoms with E-state index in [0.717, 1.165) is 12.5 Å². The largest absolute Gasteiger partial charge is 0.369 e. The number of aromatic nitrogens is 2. The standard InChI is InChI=1S/C13H17F2N3/c1-4-10(7(2)3)18-12-9(17-13(18)16)6-5-8(14)11(12)15/h5-7,10H,4H2,1-3H3,(H2,16,17). The van der Waals surface area contributed by atoms with E-state index in [9.17, 15) is 8.78 Å². The highest BCUT2D eigenvalue weighted by molar-refractivity contribution is 5.79. The van der Waals surface area contributed by atoms with E-state index in [1.165, 1.54) is 6.07 Å². The highest BCUT2D eigenvalue weighted by Gasteiger charge is 2.22. The van der Waals surface area contributed by atoms with E-state index in [0.29, 0.717) is 5.52 Å². The van der Waals surface area contributed by atoms with Crippen LogP contribution in [0.4, 0.5) is 14.7 Å². The summed E-state index contributed by atoms with van der Waals surface area (Å²) in [6.07, 6.45) is 0.781. The van der Waals surface area contributed by atoms with Crippen LogP contribution in [0.1, 0.15) is 33.2 Å². The zero-order valence-corrected chi connectivity index (χ0v) is 10.7. The molecule has 0 radical (unpaired) electrons. The second-order valence-electron chi connectivity index (χ2n) is 4.79. The number of nitrogens with two attached hydrogens (primary N) is 1. The Morgan fingerprint density at radius 3 is 2.56 bits per heavy atom. The smallest absolute Gasteiger partial charge is 0.201 e. The van der Waals surface area contributed by atoms with Crippen molar-refractivity contribution in [3.05, 3.63) is 23.8 Å². The van der Waals surface area contributed by atoms with Gasteiger partial charge in [0.15, 0.2) is 11.6 Å². The summed E-state index contributed by atoms with van der Waals surface area (Å²) in [6, 6.07) is 2.53. The molecule has 1 atom stereocenters. The lowest BCUT2D eigenvalue weighted by molar-refractivity contribution is 0.374. The quantitative estimate of drug-likeness (QED) is 0.909. The zero-order valence-electron chi connectivity index (χ0n) is 10.7. The maximum atomic E-state index is 13.9. The maximum Gasteiger partial charge on any atom is 0.201 e. The molecule has 0 aliphatic carbocycles. The minimum Gasteiger partial charge on any atom is -0.369 e. The second kappa shape index (κ2) is 4.55. The summed E-state index contributed by atoms with van der Waals surface area (Å²) in [5.41, 5.74) is 6.40. The van der Waals surface area contributed by atoms with Gasteiger partial charge in [-0.15, -0.1) is 0 Å². The summed E-state index contributed by atoms with van der Waals surface area (Å²) in [4.78, 5) is 4.10. The molecule has 0 aliphatic rings. The first-order chi connectivity index (χ1) is 8.47. The molecule has 0 fully saturated rings. The first-order valence-electron chi connectivity index (χ1n) is 6.08. The van der Waals surface area contributed by atoms with Crippen LogP contribution in [0.15, 0.2) is 12.1 Å². The average molecular weight is 253 g/mol. The Balaban J connectivity index is 2.76. The van der Waals surface area contributed by atoms with Crippen LogP contribution < -0.4 is 5.73 Å². The third-order valence-electron chi connectivity index (χ3n) is 3.29. The number of fused-ring (bicyclic) bond motifs is 1. The number of nitrogen functional groups attached to an aromatic ring is 1. The molecule has 0 saturated carbocycles. The SMILES string of the molecule is CCC(C(C)C)n1c(N)nc2ccc(F)c(F)c21. The van der Waals surface area contributed by atoms with Gasteiger partial charge in [0, 0.05) is 6.04 Å². The Hall–Kier alpha value is -1.65. The number of anilines is 1. The molecule has 1 heterocycles. The van der Waals surface area contributed by atoms with Gasteiger partial charge in [0.25, 0.3) is 0 Å². The normalized spacial score (nSPS) is 13.4. The fourth-order valence-electron chi connectivity index (χ4n) is 2.43. The van der Waals surface area contributed by atoms with Crippen molar-refractivity contribution in [2.45, 2.75) is 33.2 Å². The van der Waals surface area contributed by atoms with E-state index in [1.54, 1.807) is 4.57 Å². The lowest BCUT2D eigenvalue weighted by Gasteiger charge is -2.22. The van der Waals surface area contributed by atoms with Crippen molar-refractivity contribution >= 4 is 17.0 Å². The molecule has 2 N–H and O–H groups in total. The van der Waals surface area contributed by atoms with Crippen molar-refractivity contribution in [3.8, 4) is 0 Å². The van der Waals surface area contributed by atoms with Crippen LogP contribution in [0.5, 0.6) is 0 Å². The van der Waals surface area contributed by atoms with Crippen LogP contribution in [-0.4, -0.2) is 9.55 Å². The van der Waals surface area contributed by atoms with Crippen molar-refractivity contribution in [3.63, 3.8) is 0 Å². The first kappa shape index (κ1) is 12.8. The van der Waals surface area contributed by atoms with Crippen molar-refractivity contribution in [1.82, 2.24) is 9.55 Å². The van der Waals surface area contributed by atoms with Gasteiger partial charge >= 0.3 is 0 Å². The molecule has 3 nitrogen and oxygen atoms in total. The summed E-state index contributed by atoms with van der Waals surface area (Å²) < 4.78 is 28.9. The molecule has 5 heteroatoms. The molecule has 1 unspecified atom stereocenters. The minimum atomic E-state index is -0.879. The van der Waals surface area contributed by atoms with Gasteiger partial charge in [-0.2, -0.15) is 0 Å². The number of rotatable bonds is 3. The molecule has 2 rings (SSSR count). The molecule has 2 aromatic rings. The predicted molar refractivity (Wildman–Crippen MR) is 68.2 cm³/mol. The van der Waals surface area contributed by atoms with Gasteiger partial charge in [-0.25, -0.2) is 13.8 Å². The predicted octanol–water partition coefficient (Wildman–Crippen LogP) is 3.50. The van der Waals surface area contributed by atoms with Gasteiger partial charge in [0.2, 0.25) is 5.95 Å². The Morgan fingerprint density at radius 2 is 2.00 bits per heavy atom. The number of hydrogen-bond donors (Lipinski definition) is 1. The van der Waals surface area contributed by atoms with Crippen LogP contribution in [0, 0.1) is 17.6 Å². The van der Waals surface area contributed by atoms with Crippen molar-refractivity contribution < 1.29 is 8.78 Å². The van der Waals surface area contributed by atoms with Crippen LogP contribution in [0.25, 0.3) is 11.0 Å². The molecule has 0 spiro atoms. The number of halogens is 2. The molecule has 1 aromatic heterocycles. The van der Waals surface area contributed by atoms with Crippen LogP contribution in [0.3, 0.4) is 0 Å². The van der Waals surface area contributed by atoms with Gasteiger partial charge in [0.05, 0.1) is 5.52 Å². The summed E-state index contributed by atoms with van der Waals surface area (Å²) in [5.74, 6) is -1.26. The minimum absolute atomic E-state index is 0.00583. The summed E-state index contributed by atoms with van der Waals surface area (Å²) in [5, 5.41) is 0. The monoisotopic (exact) mass is 253 g/mol. The highest BCUT2D eigenvalue weighted by atomic mass is 19.2. The maximum absolute atomic E-state index is 13.9. The Labute approximate surface area is 105 Å². The molecule has 0 bridgehead atoms. The topological polar surface area (TPSA) is 43.8 Å². The van der Waals surface area contributed by atoms with E-state index < -0.39 is 11.6 Å². The lowest BCUT2D eigenvalue weighted by Crippen LogP contribution is -2.17. The fraction of sp³-hybridized carbons (Fsp3) is 0.462. The molecule has 0 aliphatic heterocycles. The number of hydrogen-bond acceptors (Lipinski definition) is 2. The Morgan fingerprint density at radius 1 is 1.33 bits per heavy atom. The van der Waals surface area contributed by atoms with E-state index in [2.05, 4.69) is 4.98 Å². The lowest BCUT2D eigenvalue weighted by atomic mass is 10.0. The zero-order chi connectivity index (χ0) is 13.4. The van der Waals surface area contributed by atoms with Crippen molar-refractivity contribution in [2.75, 3.05) is 5.73 Å². The van der Waals surface area contributed by atoms with Gasteiger partial charge in [0.1, 0.15) is 5.52 Å². The molecular weight excluding hydrogens is 236 g/mol. The Kier molecular flexibility index (Phi) is 3.24. The second-order valence-corrected chi connectivity index (χ2v) is 4.79. The molecule has 1 aromatic carbocycles. The van der Waals surface area contributed by atoms with Crippen LogP contribution in [0.2, 0.25) is 0 Å². The Bertz CT molecular complexity index is 575. The molecule has 0 amide bonds. The number of benzene rings is 1. The third kappa shape index (κ3) is 1.83. The van der Waals surface area contributed by atoms with Gasteiger partial charge in [-0.1, -0.05) is 20.8 Å². The molecular formula is C13H17F2N3. The van der Waals surface area contributed by atoms with Crippen LogP contribution >= 0.6 is 0 Å². The van der Waals surface area contributed by atoms with Crippen LogP contribution in [-0.2, 0) is 0 Å².